The van der Waals surface area contributed by atoms with Crippen LogP contribution >= 0.6 is 11.8 Å². The van der Waals surface area contributed by atoms with Crippen LogP contribution in [-0.2, 0) is 0 Å². The average molecular weight is 145 g/mol. The van der Waals surface area contributed by atoms with Gasteiger partial charge in [0.15, 0.2) is 0 Å². The summed E-state index contributed by atoms with van der Waals surface area (Å²) in [7, 11) is 0. The van der Waals surface area contributed by atoms with E-state index in [0.29, 0.717) is 0 Å². The number of thioether (sulfide) groups is 1. The lowest BCUT2D eigenvalue weighted by Crippen LogP contribution is -2.36. The number of rotatable bonds is 1. The predicted molar refractivity (Wildman–Crippen MR) is 44.0 cm³/mol. The van der Waals surface area contributed by atoms with E-state index in [-0.39, 0.29) is 0 Å². The van der Waals surface area contributed by atoms with Crippen LogP contribution in [-0.4, -0.2) is 23.6 Å². The van der Waals surface area contributed by atoms with Crippen molar-refractivity contribution in [3.05, 3.63) is 0 Å². The van der Waals surface area contributed by atoms with Crippen LogP contribution < -0.4 is 5.32 Å². The first-order valence-corrected chi connectivity index (χ1v) is 4.63. The fraction of sp³-hybridized carbons (Fsp3) is 1.00. The molecule has 1 aliphatic rings. The molecule has 1 heterocycles. The second-order valence-corrected chi connectivity index (χ2v) is 4.38. The van der Waals surface area contributed by atoms with Crippen molar-refractivity contribution in [1.29, 1.82) is 0 Å². The maximum Gasteiger partial charge on any atom is 0.0173 e. The molecular formula is C7H15NS. The van der Waals surface area contributed by atoms with Crippen molar-refractivity contribution in [2.45, 2.75) is 30.8 Å². The van der Waals surface area contributed by atoms with Gasteiger partial charge in [-0.2, -0.15) is 11.8 Å². The first-order chi connectivity index (χ1) is 4.33. The summed E-state index contributed by atoms with van der Waals surface area (Å²) in [5.74, 6) is 0. The first kappa shape index (κ1) is 7.42. The van der Waals surface area contributed by atoms with Crippen molar-refractivity contribution in [3.8, 4) is 0 Å². The molecule has 0 aromatic rings. The molecule has 1 fully saturated rings. The fourth-order valence-corrected chi connectivity index (χ4v) is 2.39. The second-order valence-electron chi connectivity index (χ2n) is 2.64. The lowest BCUT2D eigenvalue weighted by Gasteiger charge is -2.26. The van der Waals surface area contributed by atoms with E-state index in [4.69, 9.17) is 0 Å². The summed E-state index contributed by atoms with van der Waals surface area (Å²) in [6.45, 7) is 6.96. The Labute approximate surface area is 61.6 Å². The number of nitrogens with one attached hydrogen (secondary N) is 1. The first-order valence-electron chi connectivity index (χ1n) is 3.69. The lowest BCUT2D eigenvalue weighted by molar-refractivity contribution is 0.620. The van der Waals surface area contributed by atoms with E-state index >= 15 is 0 Å². The molecule has 1 nitrogen and oxygen atoms in total. The quantitative estimate of drug-likeness (QED) is 0.600. The maximum absolute atomic E-state index is 3.41. The minimum Gasteiger partial charge on any atom is -0.315 e. The van der Waals surface area contributed by atoms with Crippen LogP contribution in [0, 0.1) is 0 Å². The van der Waals surface area contributed by atoms with E-state index in [0.717, 1.165) is 10.5 Å². The van der Waals surface area contributed by atoms with E-state index in [9.17, 15) is 0 Å². The molecule has 0 aliphatic carbocycles. The normalized spacial score (nSPS) is 36.7. The number of hydrogen-bond acceptors (Lipinski definition) is 2. The van der Waals surface area contributed by atoms with Gasteiger partial charge < -0.3 is 5.32 Å². The minimum atomic E-state index is 0.823. The monoisotopic (exact) mass is 145 g/mol. The Morgan fingerprint density at radius 2 is 2.33 bits per heavy atom. The SMILES string of the molecule is CC[C@H]1CNC[C@@H](C)S1. The van der Waals surface area contributed by atoms with Crippen molar-refractivity contribution in [3.63, 3.8) is 0 Å². The van der Waals surface area contributed by atoms with Gasteiger partial charge in [0.05, 0.1) is 0 Å². The fourth-order valence-electron chi connectivity index (χ4n) is 1.11. The lowest BCUT2D eigenvalue weighted by atomic mass is 10.3. The highest BCUT2D eigenvalue weighted by Gasteiger charge is 2.16. The third kappa shape index (κ3) is 2.18. The van der Waals surface area contributed by atoms with Crippen LogP contribution in [0.5, 0.6) is 0 Å². The van der Waals surface area contributed by atoms with E-state index < -0.39 is 0 Å². The molecular weight excluding hydrogens is 130 g/mol. The highest BCUT2D eigenvalue weighted by Crippen LogP contribution is 2.22. The van der Waals surface area contributed by atoms with Crippen molar-refractivity contribution in [2.24, 2.45) is 0 Å². The standard InChI is InChI=1S/C7H15NS/c1-3-7-5-8-4-6(2)9-7/h6-8H,3-5H2,1-2H3/t6-,7+/m1/s1. The van der Waals surface area contributed by atoms with Gasteiger partial charge in [-0.25, -0.2) is 0 Å². The zero-order chi connectivity index (χ0) is 6.69. The van der Waals surface area contributed by atoms with Gasteiger partial charge in [0.25, 0.3) is 0 Å². The third-order valence-corrected chi connectivity index (χ3v) is 3.20. The van der Waals surface area contributed by atoms with Gasteiger partial charge in [-0.05, 0) is 6.42 Å². The predicted octanol–water partition coefficient (Wildman–Crippen LogP) is 1.49. The summed E-state index contributed by atoms with van der Waals surface area (Å²) < 4.78 is 0. The smallest absolute Gasteiger partial charge is 0.0173 e. The van der Waals surface area contributed by atoms with Crippen LogP contribution in [0.1, 0.15) is 20.3 Å². The topological polar surface area (TPSA) is 12.0 Å². The molecule has 0 radical (unpaired) electrons. The van der Waals surface area contributed by atoms with Crippen LogP contribution in [0.4, 0.5) is 0 Å². The average Bonchev–Trinajstić information content (AvgIpc) is 1.88. The van der Waals surface area contributed by atoms with Gasteiger partial charge in [-0.3, -0.25) is 0 Å². The van der Waals surface area contributed by atoms with Crippen molar-refractivity contribution in [1.82, 2.24) is 5.32 Å². The Morgan fingerprint density at radius 3 is 2.78 bits per heavy atom. The van der Waals surface area contributed by atoms with Gasteiger partial charge in [-0.1, -0.05) is 13.8 Å². The molecule has 0 spiro atoms. The Balaban J connectivity index is 2.23. The summed E-state index contributed by atoms with van der Waals surface area (Å²) in [6, 6.07) is 0. The Bertz CT molecular complexity index is 85.0. The van der Waals surface area contributed by atoms with Gasteiger partial charge in [-0.15, -0.1) is 0 Å². The largest absolute Gasteiger partial charge is 0.315 e. The molecule has 0 bridgehead atoms. The van der Waals surface area contributed by atoms with Crippen LogP contribution in [0.2, 0.25) is 0 Å². The molecule has 0 unspecified atom stereocenters. The molecule has 1 aliphatic heterocycles. The minimum absolute atomic E-state index is 0.823. The third-order valence-electron chi connectivity index (χ3n) is 1.68. The summed E-state index contributed by atoms with van der Waals surface area (Å²) in [4.78, 5) is 0. The van der Waals surface area contributed by atoms with Crippen LogP contribution in [0.25, 0.3) is 0 Å². The molecule has 1 saturated heterocycles. The zero-order valence-electron chi connectivity index (χ0n) is 6.18. The summed E-state index contributed by atoms with van der Waals surface area (Å²) >= 11 is 2.12. The molecule has 0 amide bonds. The molecule has 0 aromatic heterocycles. The molecule has 9 heavy (non-hydrogen) atoms. The van der Waals surface area contributed by atoms with Gasteiger partial charge in [0, 0.05) is 23.6 Å². The van der Waals surface area contributed by atoms with E-state index in [1.807, 2.05) is 0 Å². The van der Waals surface area contributed by atoms with E-state index in [1.165, 1.54) is 19.5 Å². The molecule has 2 atom stereocenters. The molecule has 1 N–H and O–H groups in total. The highest BCUT2D eigenvalue weighted by molar-refractivity contribution is 8.00. The Kier molecular flexibility index (Phi) is 2.86. The highest BCUT2D eigenvalue weighted by atomic mass is 32.2. The van der Waals surface area contributed by atoms with Gasteiger partial charge in [0.2, 0.25) is 0 Å². The Hall–Kier alpha value is 0.310. The van der Waals surface area contributed by atoms with Crippen molar-refractivity contribution >= 4 is 11.8 Å². The van der Waals surface area contributed by atoms with Crippen LogP contribution in [0.15, 0.2) is 0 Å². The summed E-state index contributed by atoms with van der Waals surface area (Å²) in [5.41, 5.74) is 0. The second kappa shape index (κ2) is 3.47. The van der Waals surface area contributed by atoms with Gasteiger partial charge >= 0.3 is 0 Å². The molecule has 0 aromatic carbocycles. The zero-order valence-corrected chi connectivity index (χ0v) is 7.00. The van der Waals surface area contributed by atoms with Crippen LogP contribution in [0.3, 0.4) is 0 Å². The molecule has 0 saturated carbocycles. The van der Waals surface area contributed by atoms with Gasteiger partial charge in [0.1, 0.15) is 0 Å². The van der Waals surface area contributed by atoms with E-state index in [2.05, 4.69) is 30.9 Å². The maximum atomic E-state index is 3.41. The van der Waals surface area contributed by atoms with Crippen molar-refractivity contribution in [2.75, 3.05) is 13.1 Å². The van der Waals surface area contributed by atoms with E-state index in [1.54, 1.807) is 0 Å². The summed E-state index contributed by atoms with van der Waals surface area (Å²) in [5, 5.41) is 5.11. The molecule has 54 valence electrons. The molecule has 2 heteroatoms. The Morgan fingerprint density at radius 1 is 1.56 bits per heavy atom. The molecule has 1 rings (SSSR count). The van der Waals surface area contributed by atoms with Crippen molar-refractivity contribution < 1.29 is 0 Å². The summed E-state index contributed by atoms with van der Waals surface area (Å²) in [6.07, 6.45) is 1.31. The number of hydrogen-bond donors (Lipinski definition) is 1.